The molecule has 4 unspecified atom stereocenters. The summed E-state index contributed by atoms with van der Waals surface area (Å²) in [6.45, 7) is 0. The Morgan fingerprint density at radius 3 is 2.66 bits per heavy atom. The summed E-state index contributed by atoms with van der Waals surface area (Å²) in [5.74, 6) is 1.29. The molecule has 0 radical (unpaired) electrons. The average molecular weight is 453 g/mol. The summed E-state index contributed by atoms with van der Waals surface area (Å²) in [5, 5.41) is 9.19. The van der Waals surface area contributed by atoms with E-state index in [9.17, 15) is 14.4 Å². The highest BCUT2D eigenvalue weighted by Crippen LogP contribution is 2.84. The second-order valence-electron chi connectivity index (χ2n) is 9.70. The van der Waals surface area contributed by atoms with Gasteiger partial charge in [0.05, 0.1) is 5.02 Å². The van der Waals surface area contributed by atoms with Crippen LogP contribution in [0.2, 0.25) is 5.02 Å². The summed E-state index contributed by atoms with van der Waals surface area (Å²) in [4.78, 5) is 46.8. The van der Waals surface area contributed by atoms with Crippen molar-refractivity contribution in [2.24, 2.45) is 23.2 Å². The predicted molar refractivity (Wildman–Crippen MR) is 116 cm³/mol. The maximum absolute atomic E-state index is 13.6. The Morgan fingerprint density at radius 2 is 1.94 bits per heavy atom. The Labute approximate surface area is 188 Å². The zero-order chi connectivity index (χ0) is 21.8. The molecule has 2 aromatic heterocycles. The number of hydrogen-bond donors (Lipinski definition) is 3. The van der Waals surface area contributed by atoms with Crippen LogP contribution in [-0.2, 0) is 10.5 Å². The number of pyridine rings is 1. The smallest absolute Gasteiger partial charge is 0.276 e. The maximum atomic E-state index is 13.6. The van der Waals surface area contributed by atoms with E-state index in [1.54, 1.807) is 10.6 Å². The molecule has 2 spiro atoms. The molecule has 4 saturated carbocycles. The zero-order valence-corrected chi connectivity index (χ0v) is 17.9. The number of carbonyl (C=O) groups is 2. The van der Waals surface area contributed by atoms with E-state index in [2.05, 4.69) is 25.9 Å². The van der Waals surface area contributed by atoms with Crippen LogP contribution in [0, 0.1) is 23.2 Å². The summed E-state index contributed by atoms with van der Waals surface area (Å²) in [5.41, 5.74) is -0.454. The number of fused-ring (bicyclic) bond motifs is 3. The monoisotopic (exact) mass is 452 g/mol. The first-order valence-electron chi connectivity index (χ1n) is 11.1. The highest BCUT2D eigenvalue weighted by molar-refractivity contribution is 6.34. The molecule has 3 N–H and O–H groups in total. The molecule has 0 aromatic carbocycles. The second-order valence-corrected chi connectivity index (χ2v) is 10.1. The van der Waals surface area contributed by atoms with E-state index in [1.165, 1.54) is 12.4 Å². The highest BCUT2D eigenvalue weighted by atomic mass is 35.5. The van der Waals surface area contributed by atoms with E-state index < -0.39 is 5.66 Å². The quantitative estimate of drug-likeness (QED) is 0.656. The molecule has 32 heavy (non-hydrogen) atoms. The standard InChI is InChI=1S/C22H21ClN6O3/c23-12-7-13(26-15-8-16(25-9-24-15)27-18(30)10-1-2-10)20(32)29-17(12)19(31)28-22(29)14-4-3-11-5-6-21(11,14)22/h7-11,14H,1-6H2,(H,28,31)(H2,24,25,26,27,30). The van der Waals surface area contributed by atoms with E-state index in [1.807, 2.05) is 0 Å². The number of halogens is 1. The fourth-order valence-electron chi connectivity index (χ4n) is 6.76. The number of nitrogens with one attached hydrogen (secondary N) is 3. The van der Waals surface area contributed by atoms with Gasteiger partial charge < -0.3 is 16.0 Å². The molecule has 9 nitrogen and oxygen atoms in total. The zero-order valence-electron chi connectivity index (χ0n) is 17.2. The summed E-state index contributed by atoms with van der Waals surface area (Å²) in [7, 11) is 0. The van der Waals surface area contributed by atoms with Crippen LogP contribution in [0.4, 0.5) is 17.3 Å². The van der Waals surface area contributed by atoms with Gasteiger partial charge in [-0.05, 0) is 50.5 Å². The van der Waals surface area contributed by atoms with E-state index in [-0.39, 0.29) is 51.0 Å². The summed E-state index contributed by atoms with van der Waals surface area (Å²) in [6, 6.07) is 3.06. The van der Waals surface area contributed by atoms with Gasteiger partial charge in [-0.1, -0.05) is 11.6 Å². The lowest BCUT2D eigenvalue weighted by Gasteiger charge is -2.39. The number of hydrogen-bond acceptors (Lipinski definition) is 6. The topological polar surface area (TPSA) is 118 Å². The Morgan fingerprint density at radius 1 is 1.12 bits per heavy atom. The molecule has 0 saturated heterocycles. The first-order valence-corrected chi connectivity index (χ1v) is 11.5. The van der Waals surface area contributed by atoms with Crippen LogP contribution >= 0.6 is 11.6 Å². The SMILES string of the molecule is O=C1NC2(C3CCC4CCC432)n2c1c(Cl)cc(Nc1cc(NC(=O)C3CC3)ncn1)c2=O. The highest BCUT2D eigenvalue weighted by Gasteiger charge is 2.87. The number of anilines is 3. The lowest BCUT2D eigenvalue weighted by Crippen LogP contribution is -2.47. The first-order chi connectivity index (χ1) is 15.5. The minimum atomic E-state index is -0.645. The van der Waals surface area contributed by atoms with Crippen molar-refractivity contribution in [3.05, 3.63) is 39.5 Å². The van der Waals surface area contributed by atoms with Crippen molar-refractivity contribution in [1.29, 1.82) is 0 Å². The Bertz CT molecular complexity index is 1290. The average Bonchev–Trinajstić information content (AvgIpc) is 3.61. The maximum Gasteiger partial charge on any atom is 0.276 e. The molecule has 4 aliphatic carbocycles. The van der Waals surface area contributed by atoms with Crippen LogP contribution in [0.1, 0.15) is 49.0 Å². The minimum absolute atomic E-state index is 0.00509. The molecule has 4 fully saturated rings. The number of nitrogens with zero attached hydrogens (tertiary/aromatic N) is 3. The number of rotatable bonds is 4. The lowest BCUT2D eigenvalue weighted by molar-refractivity contribution is -0.117. The minimum Gasteiger partial charge on any atom is -0.336 e. The van der Waals surface area contributed by atoms with Gasteiger partial charge in [-0.25, -0.2) is 9.97 Å². The van der Waals surface area contributed by atoms with Crippen LogP contribution in [0.3, 0.4) is 0 Å². The van der Waals surface area contributed by atoms with E-state index >= 15 is 0 Å². The van der Waals surface area contributed by atoms with E-state index in [0.717, 1.165) is 38.5 Å². The van der Waals surface area contributed by atoms with Crippen LogP contribution in [0.15, 0.2) is 23.3 Å². The van der Waals surface area contributed by atoms with Crippen molar-refractivity contribution in [3.8, 4) is 0 Å². The van der Waals surface area contributed by atoms with Gasteiger partial charge in [-0.3, -0.25) is 19.0 Å². The summed E-state index contributed by atoms with van der Waals surface area (Å²) < 4.78 is 1.62. The molecule has 1 aliphatic heterocycles. The van der Waals surface area contributed by atoms with Crippen LogP contribution in [0.25, 0.3) is 0 Å². The third-order valence-electron chi connectivity index (χ3n) is 8.35. The normalized spacial score (nSPS) is 33.1. The third kappa shape index (κ3) is 2.12. The second kappa shape index (κ2) is 5.89. The van der Waals surface area contributed by atoms with Crippen LogP contribution < -0.4 is 21.5 Å². The van der Waals surface area contributed by atoms with Gasteiger partial charge in [0.2, 0.25) is 5.91 Å². The molecule has 2 amide bonds. The van der Waals surface area contributed by atoms with E-state index in [0.29, 0.717) is 17.6 Å². The molecular formula is C22H21ClN6O3. The van der Waals surface area contributed by atoms with Gasteiger partial charge in [-0.15, -0.1) is 0 Å². The molecule has 4 atom stereocenters. The van der Waals surface area contributed by atoms with Crippen LogP contribution in [0.5, 0.6) is 0 Å². The molecule has 5 aliphatic rings. The summed E-state index contributed by atoms with van der Waals surface area (Å²) in [6.07, 6.45) is 7.47. The Kier molecular flexibility index (Phi) is 3.43. The molecular weight excluding hydrogens is 432 g/mol. The molecule has 10 heteroatoms. The lowest BCUT2D eigenvalue weighted by atomic mass is 9.69. The van der Waals surface area contributed by atoms with Crippen molar-refractivity contribution in [2.45, 2.75) is 44.2 Å². The van der Waals surface area contributed by atoms with Crippen molar-refractivity contribution in [2.75, 3.05) is 10.6 Å². The van der Waals surface area contributed by atoms with Gasteiger partial charge in [0.15, 0.2) is 0 Å². The Hall–Kier alpha value is -2.94. The molecule has 2 aromatic rings. The predicted octanol–water partition coefficient (Wildman–Crippen LogP) is 2.60. The molecule has 0 bridgehead atoms. The van der Waals surface area contributed by atoms with Crippen molar-refractivity contribution in [1.82, 2.24) is 19.9 Å². The number of amides is 2. The van der Waals surface area contributed by atoms with Crippen molar-refractivity contribution >= 4 is 40.7 Å². The number of carbonyl (C=O) groups excluding carboxylic acids is 2. The van der Waals surface area contributed by atoms with E-state index in [4.69, 9.17) is 11.6 Å². The van der Waals surface area contributed by atoms with Crippen molar-refractivity contribution in [3.63, 3.8) is 0 Å². The fourth-order valence-corrected chi connectivity index (χ4v) is 7.04. The largest absolute Gasteiger partial charge is 0.336 e. The first kappa shape index (κ1) is 18.6. The Balaban J connectivity index is 1.26. The van der Waals surface area contributed by atoms with Gasteiger partial charge in [0.25, 0.3) is 11.5 Å². The molecule has 164 valence electrons. The number of aromatic nitrogens is 3. The van der Waals surface area contributed by atoms with Gasteiger partial charge in [-0.2, -0.15) is 0 Å². The van der Waals surface area contributed by atoms with Gasteiger partial charge >= 0.3 is 0 Å². The van der Waals surface area contributed by atoms with Gasteiger partial charge in [0, 0.05) is 23.3 Å². The molecule has 3 heterocycles. The molecule has 7 rings (SSSR count). The van der Waals surface area contributed by atoms with Gasteiger partial charge in [0.1, 0.15) is 35.0 Å². The van der Waals surface area contributed by atoms with Crippen molar-refractivity contribution < 1.29 is 9.59 Å². The third-order valence-corrected chi connectivity index (χ3v) is 8.63. The summed E-state index contributed by atoms with van der Waals surface area (Å²) >= 11 is 6.51. The fraction of sp³-hybridized carbons (Fsp3) is 0.500. The van der Waals surface area contributed by atoms with Crippen LogP contribution in [-0.4, -0.2) is 26.3 Å².